The molecule has 1 aromatic rings. The van der Waals surface area contributed by atoms with Gasteiger partial charge in [0.2, 0.25) is 0 Å². The topological polar surface area (TPSA) is 58.6 Å². The van der Waals surface area contributed by atoms with Gasteiger partial charge in [0.1, 0.15) is 11.9 Å². The fourth-order valence-corrected chi connectivity index (χ4v) is 2.38. The van der Waals surface area contributed by atoms with Gasteiger partial charge in [-0.05, 0) is 38.0 Å². The van der Waals surface area contributed by atoms with Crippen LogP contribution in [-0.4, -0.2) is 38.1 Å². The van der Waals surface area contributed by atoms with Gasteiger partial charge in [0.05, 0.1) is 12.8 Å². The Balaban J connectivity index is 2.08. The SMILES string of the molecule is COC(=O)[C@@H](C)NC(=O)c1ccc(N2CCCC2)c(F)c1. The zero-order valence-electron chi connectivity index (χ0n) is 12.2. The molecule has 0 radical (unpaired) electrons. The van der Waals surface area contributed by atoms with Gasteiger partial charge in [-0.15, -0.1) is 0 Å². The molecule has 1 amide bonds. The first-order chi connectivity index (χ1) is 10.0. The summed E-state index contributed by atoms with van der Waals surface area (Å²) >= 11 is 0. The maximum Gasteiger partial charge on any atom is 0.328 e. The molecule has 21 heavy (non-hydrogen) atoms. The van der Waals surface area contributed by atoms with Crippen LogP contribution in [0.2, 0.25) is 0 Å². The van der Waals surface area contributed by atoms with Gasteiger partial charge in [-0.2, -0.15) is 0 Å². The van der Waals surface area contributed by atoms with Gasteiger partial charge in [-0.1, -0.05) is 0 Å². The van der Waals surface area contributed by atoms with Crippen molar-refractivity contribution in [3.8, 4) is 0 Å². The minimum Gasteiger partial charge on any atom is -0.467 e. The molecule has 0 aromatic heterocycles. The van der Waals surface area contributed by atoms with Crippen LogP contribution in [0, 0.1) is 5.82 Å². The molecular weight excluding hydrogens is 275 g/mol. The van der Waals surface area contributed by atoms with E-state index in [1.165, 1.54) is 20.1 Å². The first-order valence-electron chi connectivity index (χ1n) is 6.96. The minimum absolute atomic E-state index is 0.186. The largest absolute Gasteiger partial charge is 0.467 e. The molecule has 1 fully saturated rings. The van der Waals surface area contributed by atoms with Gasteiger partial charge in [0.15, 0.2) is 0 Å². The standard InChI is InChI=1S/C15H19FN2O3/c1-10(15(20)21-2)17-14(19)11-5-6-13(12(16)9-11)18-7-3-4-8-18/h5-6,9-10H,3-4,7-8H2,1-2H3,(H,17,19)/t10-/m1/s1. The number of esters is 1. The molecule has 0 unspecified atom stereocenters. The molecule has 0 aliphatic carbocycles. The molecule has 2 rings (SSSR count). The predicted molar refractivity (Wildman–Crippen MR) is 76.8 cm³/mol. The number of hydrogen-bond donors (Lipinski definition) is 1. The molecule has 114 valence electrons. The summed E-state index contributed by atoms with van der Waals surface area (Å²) in [6.07, 6.45) is 2.11. The number of nitrogens with zero attached hydrogens (tertiary/aromatic N) is 1. The van der Waals surface area contributed by atoms with E-state index in [1.54, 1.807) is 12.1 Å². The summed E-state index contributed by atoms with van der Waals surface area (Å²) in [5, 5.41) is 2.47. The molecule has 6 heteroatoms. The monoisotopic (exact) mass is 294 g/mol. The lowest BCUT2D eigenvalue weighted by Gasteiger charge is -2.19. The second-order valence-corrected chi connectivity index (χ2v) is 5.08. The van der Waals surface area contributed by atoms with E-state index in [0.29, 0.717) is 5.69 Å². The minimum atomic E-state index is -0.774. The van der Waals surface area contributed by atoms with Crippen LogP contribution in [0.25, 0.3) is 0 Å². The first-order valence-corrected chi connectivity index (χ1v) is 6.96. The summed E-state index contributed by atoms with van der Waals surface area (Å²) in [5.74, 6) is -1.47. The maximum atomic E-state index is 14.1. The van der Waals surface area contributed by atoms with Gasteiger partial charge >= 0.3 is 5.97 Å². The summed E-state index contributed by atoms with van der Waals surface area (Å²) in [4.78, 5) is 25.2. The van der Waals surface area contributed by atoms with E-state index in [0.717, 1.165) is 25.9 Å². The van der Waals surface area contributed by atoms with Crippen LogP contribution in [0.5, 0.6) is 0 Å². The van der Waals surface area contributed by atoms with Crippen LogP contribution < -0.4 is 10.2 Å². The van der Waals surface area contributed by atoms with Gasteiger partial charge in [0, 0.05) is 18.7 Å². The third kappa shape index (κ3) is 3.51. The van der Waals surface area contributed by atoms with Crippen molar-refractivity contribution < 1.29 is 18.7 Å². The van der Waals surface area contributed by atoms with E-state index < -0.39 is 23.7 Å². The van der Waals surface area contributed by atoms with Crippen molar-refractivity contribution in [2.45, 2.75) is 25.8 Å². The molecule has 5 nitrogen and oxygen atoms in total. The fraction of sp³-hybridized carbons (Fsp3) is 0.467. The number of benzene rings is 1. The number of anilines is 1. The van der Waals surface area contributed by atoms with Gasteiger partial charge in [0.25, 0.3) is 5.91 Å². The van der Waals surface area contributed by atoms with Crippen LogP contribution in [0.3, 0.4) is 0 Å². The Morgan fingerprint density at radius 3 is 2.57 bits per heavy atom. The van der Waals surface area contributed by atoms with E-state index >= 15 is 0 Å². The van der Waals surface area contributed by atoms with Crippen LogP contribution in [0.4, 0.5) is 10.1 Å². The zero-order chi connectivity index (χ0) is 15.4. The average Bonchev–Trinajstić information content (AvgIpc) is 3.00. The zero-order valence-corrected chi connectivity index (χ0v) is 12.2. The summed E-state index contributed by atoms with van der Waals surface area (Å²) in [6, 6.07) is 3.60. The first kappa shape index (κ1) is 15.3. The van der Waals surface area contributed by atoms with Crippen molar-refractivity contribution in [3.63, 3.8) is 0 Å². The quantitative estimate of drug-likeness (QED) is 0.859. The average molecular weight is 294 g/mol. The third-order valence-electron chi connectivity index (χ3n) is 3.56. The Morgan fingerprint density at radius 2 is 2.00 bits per heavy atom. The summed E-state index contributed by atoms with van der Waals surface area (Å²) in [5.41, 5.74) is 0.705. The smallest absolute Gasteiger partial charge is 0.328 e. The van der Waals surface area contributed by atoms with Crippen LogP contribution >= 0.6 is 0 Å². The van der Waals surface area contributed by atoms with E-state index in [-0.39, 0.29) is 5.56 Å². The van der Waals surface area contributed by atoms with E-state index in [9.17, 15) is 14.0 Å². The van der Waals surface area contributed by atoms with E-state index in [1.807, 2.05) is 4.90 Å². The molecule has 1 aliphatic rings. The second-order valence-electron chi connectivity index (χ2n) is 5.08. The van der Waals surface area contributed by atoms with Crippen molar-refractivity contribution in [2.75, 3.05) is 25.1 Å². The number of carbonyl (C=O) groups is 2. The molecule has 0 bridgehead atoms. The molecule has 1 atom stereocenters. The molecule has 1 aromatic carbocycles. The number of rotatable bonds is 4. The van der Waals surface area contributed by atoms with Crippen molar-refractivity contribution in [2.24, 2.45) is 0 Å². The number of nitrogens with one attached hydrogen (secondary N) is 1. The second kappa shape index (κ2) is 6.56. The van der Waals surface area contributed by atoms with Gasteiger partial charge in [-0.3, -0.25) is 4.79 Å². The summed E-state index contributed by atoms with van der Waals surface area (Å²) in [7, 11) is 1.25. The Bertz CT molecular complexity index is 542. The van der Waals surface area contributed by atoms with E-state index in [4.69, 9.17) is 0 Å². The molecule has 1 aliphatic heterocycles. The fourth-order valence-electron chi connectivity index (χ4n) is 2.38. The Kier molecular flexibility index (Phi) is 4.77. The Hall–Kier alpha value is -2.11. The number of amides is 1. The van der Waals surface area contributed by atoms with Crippen molar-refractivity contribution in [1.82, 2.24) is 5.32 Å². The van der Waals surface area contributed by atoms with Crippen LogP contribution in [0.1, 0.15) is 30.1 Å². The molecule has 0 saturated carbocycles. The van der Waals surface area contributed by atoms with Gasteiger partial charge < -0.3 is 15.0 Å². The number of ether oxygens (including phenoxy) is 1. The highest BCUT2D eigenvalue weighted by atomic mass is 19.1. The van der Waals surface area contributed by atoms with Crippen molar-refractivity contribution in [3.05, 3.63) is 29.6 Å². The molecule has 0 spiro atoms. The lowest BCUT2D eigenvalue weighted by atomic mass is 10.1. The summed E-state index contributed by atoms with van der Waals surface area (Å²) < 4.78 is 18.6. The van der Waals surface area contributed by atoms with Gasteiger partial charge in [-0.25, -0.2) is 9.18 Å². The number of carbonyl (C=O) groups excluding carboxylic acids is 2. The highest BCUT2D eigenvalue weighted by molar-refractivity contribution is 5.97. The molecular formula is C15H19FN2O3. The third-order valence-corrected chi connectivity index (χ3v) is 3.56. The number of hydrogen-bond acceptors (Lipinski definition) is 4. The highest BCUT2D eigenvalue weighted by Gasteiger charge is 2.20. The van der Waals surface area contributed by atoms with Crippen molar-refractivity contribution in [1.29, 1.82) is 0 Å². The van der Waals surface area contributed by atoms with Crippen LogP contribution in [-0.2, 0) is 9.53 Å². The van der Waals surface area contributed by atoms with Crippen LogP contribution in [0.15, 0.2) is 18.2 Å². The Labute approximate surface area is 123 Å². The maximum absolute atomic E-state index is 14.1. The van der Waals surface area contributed by atoms with E-state index in [2.05, 4.69) is 10.1 Å². The summed E-state index contributed by atoms with van der Waals surface area (Å²) in [6.45, 7) is 3.18. The number of methoxy groups -OCH3 is 1. The molecule has 1 N–H and O–H groups in total. The molecule has 1 heterocycles. The normalized spacial score (nSPS) is 15.7. The lowest BCUT2D eigenvalue weighted by Crippen LogP contribution is -2.39. The molecule has 1 saturated heterocycles. The number of halogens is 1. The highest BCUT2D eigenvalue weighted by Crippen LogP contribution is 2.24. The predicted octanol–water partition coefficient (Wildman–Crippen LogP) is 1.72. The van der Waals surface area contributed by atoms with Crippen molar-refractivity contribution >= 4 is 17.6 Å². The lowest BCUT2D eigenvalue weighted by molar-refractivity contribution is -0.142. The Morgan fingerprint density at radius 1 is 1.33 bits per heavy atom.